The molecule has 0 unspecified atom stereocenters. The fraction of sp³-hybridized carbons (Fsp3) is 0.484. The lowest BCUT2D eigenvalue weighted by Crippen LogP contribution is -2.56. The highest BCUT2D eigenvalue weighted by Gasteiger charge is 2.48. The highest BCUT2D eigenvalue weighted by molar-refractivity contribution is 6.07. The number of aliphatic carboxylic acids is 1. The lowest BCUT2D eigenvalue weighted by atomic mass is 9.88. The summed E-state index contributed by atoms with van der Waals surface area (Å²) in [6.07, 6.45) is -0.537. The highest BCUT2D eigenvalue weighted by Crippen LogP contribution is 2.28. The average molecular weight is 668 g/mol. The van der Waals surface area contributed by atoms with Gasteiger partial charge in [-0.1, -0.05) is 12.1 Å². The molecule has 17 nitrogen and oxygen atoms in total. The minimum Gasteiger partial charge on any atom is -0.483 e. The van der Waals surface area contributed by atoms with Gasteiger partial charge in [0, 0.05) is 57.1 Å². The lowest BCUT2D eigenvalue weighted by Gasteiger charge is -2.36. The Balaban J connectivity index is 1.26. The van der Waals surface area contributed by atoms with E-state index in [0.29, 0.717) is 10.9 Å². The van der Waals surface area contributed by atoms with Crippen LogP contribution in [0.3, 0.4) is 0 Å². The van der Waals surface area contributed by atoms with Gasteiger partial charge in [-0.3, -0.25) is 29.3 Å². The smallest absolute Gasteiger partial charge is 0.409 e. The van der Waals surface area contributed by atoms with E-state index >= 15 is 0 Å². The molecule has 17 heteroatoms. The average Bonchev–Trinajstić information content (AvgIpc) is 3.36. The molecule has 3 aliphatic rings. The number of likely N-dealkylation sites (tertiary alicyclic amines) is 1. The minimum absolute atomic E-state index is 0.112. The largest absolute Gasteiger partial charge is 0.483 e. The van der Waals surface area contributed by atoms with Crippen molar-refractivity contribution in [3.8, 4) is 5.75 Å². The quantitative estimate of drug-likeness (QED) is 0.249. The molecule has 3 fully saturated rings. The van der Waals surface area contributed by atoms with E-state index in [1.807, 2.05) is 0 Å². The second-order valence-electron chi connectivity index (χ2n) is 11.7. The molecule has 48 heavy (non-hydrogen) atoms. The number of imide groups is 1. The summed E-state index contributed by atoms with van der Waals surface area (Å²) in [5.74, 6) is -2.95. The maximum absolute atomic E-state index is 13.5. The van der Waals surface area contributed by atoms with Crippen molar-refractivity contribution in [2.75, 3.05) is 52.5 Å². The van der Waals surface area contributed by atoms with Gasteiger partial charge in [0.1, 0.15) is 23.0 Å². The molecular weight excluding hydrogens is 630 g/mol. The van der Waals surface area contributed by atoms with E-state index in [4.69, 9.17) is 9.47 Å². The standard InChI is InChI=1S/C31H37N7O10/c1-2-47-30(46)38-15-13-37(14-16-38)27(43)21(7-8-25(40)41)33-26(42)22-17-23(19-5-3-4-6-20(19)32-22)48-18-24(39)36-11-9-31(10-12-36)28(44)34-29(45)35-31/h3-6,17,21H,2,7-16,18H2,1H3,(H,33,42)(H,40,41)(H2,34,35,44,45)/t21-/m0/s1. The maximum atomic E-state index is 13.5. The van der Waals surface area contributed by atoms with Gasteiger partial charge < -0.3 is 39.9 Å². The summed E-state index contributed by atoms with van der Waals surface area (Å²) in [7, 11) is 0. The van der Waals surface area contributed by atoms with E-state index in [2.05, 4.69) is 20.9 Å². The number of rotatable bonds is 10. The highest BCUT2D eigenvalue weighted by atomic mass is 16.6. The van der Waals surface area contributed by atoms with Gasteiger partial charge in [0.25, 0.3) is 17.7 Å². The molecule has 0 aliphatic carbocycles. The number of amides is 7. The number of carboxylic acids is 1. The number of hydrogen-bond donors (Lipinski definition) is 4. The summed E-state index contributed by atoms with van der Waals surface area (Å²) in [6.45, 7) is 2.79. The molecule has 0 bridgehead atoms. The molecule has 4 heterocycles. The number of piperidine rings is 1. The van der Waals surface area contributed by atoms with Crippen LogP contribution in [0.15, 0.2) is 30.3 Å². The Morgan fingerprint density at radius 3 is 2.33 bits per heavy atom. The Morgan fingerprint density at radius 2 is 1.69 bits per heavy atom. The molecule has 256 valence electrons. The van der Waals surface area contributed by atoms with E-state index in [0.717, 1.165) is 0 Å². The van der Waals surface area contributed by atoms with Gasteiger partial charge in [-0.2, -0.15) is 0 Å². The van der Waals surface area contributed by atoms with Gasteiger partial charge in [-0.25, -0.2) is 14.6 Å². The molecule has 3 saturated heterocycles. The number of carboxylic acid groups (broad SMARTS) is 1. The summed E-state index contributed by atoms with van der Waals surface area (Å²) < 4.78 is 10.9. The van der Waals surface area contributed by atoms with Crippen molar-refractivity contribution in [1.29, 1.82) is 0 Å². The predicted molar refractivity (Wildman–Crippen MR) is 166 cm³/mol. The van der Waals surface area contributed by atoms with Gasteiger partial charge in [0.2, 0.25) is 5.91 Å². The number of hydrogen-bond acceptors (Lipinski definition) is 10. The van der Waals surface area contributed by atoms with E-state index in [1.165, 1.54) is 20.8 Å². The van der Waals surface area contributed by atoms with Crippen LogP contribution in [0.2, 0.25) is 0 Å². The number of carbonyl (C=O) groups is 7. The molecule has 0 radical (unpaired) electrons. The van der Waals surface area contributed by atoms with Crippen LogP contribution in [0.25, 0.3) is 10.9 Å². The minimum atomic E-state index is -1.18. The maximum Gasteiger partial charge on any atom is 0.409 e. The zero-order chi connectivity index (χ0) is 34.4. The van der Waals surface area contributed by atoms with Crippen molar-refractivity contribution >= 4 is 52.6 Å². The number of urea groups is 1. The number of ether oxygens (including phenoxy) is 2. The topological polar surface area (TPSA) is 217 Å². The van der Waals surface area contributed by atoms with Gasteiger partial charge >= 0.3 is 18.1 Å². The second-order valence-corrected chi connectivity index (χ2v) is 11.7. The fourth-order valence-corrected chi connectivity index (χ4v) is 5.93. The van der Waals surface area contributed by atoms with Crippen molar-refractivity contribution in [3.05, 3.63) is 36.0 Å². The van der Waals surface area contributed by atoms with E-state index < -0.39 is 47.4 Å². The fourth-order valence-electron chi connectivity index (χ4n) is 5.93. The third kappa shape index (κ3) is 7.56. The number of aromatic nitrogens is 1. The Bertz CT molecular complexity index is 1620. The number of nitrogens with zero attached hydrogens (tertiary/aromatic N) is 4. The molecule has 2 aromatic rings. The zero-order valence-corrected chi connectivity index (χ0v) is 26.4. The molecule has 5 rings (SSSR count). The number of fused-ring (bicyclic) bond motifs is 1. The summed E-state index contributed by atoms with van der Waals surface area (Å²) in [5.41, 5.74) is -0.753. The lowest BCUT2D eigenvalue weighted by molar-refractivity contribution is -0.138. The summed E-state index contributed by atoms with van der Waals surface area (Å²) in [5, 5.41) is 17.3. The first kappa shape index (κ1) is 33.9. The molecule has 1 atom stereocenters. The first-order valence-electron chi connectivity index (χ1n) is 15.7. The Labute approximate surface area is 274 Å². The Kier molecular flexibility index (Phi) is 10.2. The first-order valence-corrected chi connectivity index (χ1v) is 15.7. The van der Waals surface area contributed by atoms with Gasteiger partial charge in [0.15, 0.2) is 6.61 Å². The van der Waals surface area contributed by atoms with Gasteiger partial charge in [0.05, 0.1) is 12.1 Å². The molecule has 7 amide bonds. The third-order valence-corrected chi connectivity index (χ3v) is 8.61. The summed E-state index contributed by atoms with van der Waals surface area (Å²) in [6, 6.07) is 6.43. The number of para-hydroxylation sites is 1. The van der Waals surface area contributed by atoms with Crippen molar-refractivity contribution in [1.82, 2.24) is 35.6 Å². The third-order valence-electron chi connectivity index (χ3n) is 8.61. The van der Waals surface area contributed by atoms with Crippen molar-refractivity contribution in [2.24, 2.45) is 0 Å². The molecule has 0 saturated carbocycles. The molecule has 1 aromatic heterocycles. The molecule has 4 N–H and O–H groups in total. The van der Waals surface area contributed by atoms with Gasteiger partial charge in [-0.15, -0.1) is 0 Å². The van der Waals surface area contributed by atoms with Gasteiger partial charge in [-0.05, 0) is 38.3 Å². The van der Waals surface area contributed by atoms with Crippen LogP contribution in [-0.4, -0.2) is 131 Å². The first-order chi connectivity index (χ1) is 23.0. The predicted octanol–water partition coefficient (Wildman–Crippen LogP) is 0.0781. The SMILES string of the molecule is CCOC(=O)N1CCN(C(=O)[C@H](CCC(=O)O)NC(=O)c2cc(OCC(=O)N3CCC4(CC3)NC(=O)NC4=O)c3ccccc3n2)CC1. The molecular formula is C31H37N7O10. The van der Waals surface area contributed by atoms with Crippen molar-refractivity contribution in [3.63, 3.8) is 0 Å². The number of nitrogens with one attached hydrogen (secondary N) is 3. The molecule has 1 aromatic carbocycles. The monoisotopic (exact) mass is 667 g/mol. The Morgan fingerprint density at radius 1 is 1.00 bits per heavy atom. The summed E-state index contributed by atoms with van der Waals surface area (Å²) >= 11 is 0. The van der Waals surface area contributed by atoms with Crippen LogP contribution < -0.4 is 20.7 Å². The van der Waals surface area contributed by atoms with E-state index in [1.54, 1.807) is 31.2 Å². The van der Waals surface area contributed by atoms with Crippen LogP contribution in [0.1, 0.15) is 43.1 Å². The van der Waals surface area contributed by atoms with Crippen LogP contribution in [0.4, 0.5) is 9.59 Å². The zero-order valence-electron chi connectivity index (χ0n) is 26.4. The number of piperazine rings is 1. The normalized spacial score (nSPS) is 17.8. The van der Waals surface area contributed by atoms with Crippen LogP contribution in [0, 0.1) is 0 Å². The molecule has 1 spiro atoms. The summed E-state index contributed by atoms with van der Waals surface area (Å²) in [4.78, 5) is 96.2. The number of benzene rings is 1. The van der Waals surface area contributed by atoms with Crippen molar-refractivity contribution in [2.45, 2.75) is 44.2 Å². The van der Waals surface area contributed by atoms with E-state index in [-0.39, 0.29) is 95.5 Å². The van der Waals surface area contributed by atoms with E-state index in [9.17, 15) is 38.7 Å². The van der Waals surface area contributed by atoms with Crippen LogP contribution >= 0.6 is 0 Å². The van der Waals surface area contributed by atoms with Crippen molar-refractivity contribution < 1.29 is 48.1 Å². The number of pyridine rings is 1. The van der Waals surface area contributed by atoms with Crippen LogP contribution in [-0.2, 0) is 23.9 Å². The molecule has 3 aliphatic heterocycles. The number of carbonyl (C=O) groups excluding carboxylic acids is 6. The Hall–Kier alpha value is -5.48. The second kappa shape index (κ2) is 14.5. The van der Waals surface area contributed by atoms with Crippen LogP contribution in [0.5, 0.6) is 5.75 Å².